The molecule has 1 heterocycles. The summed E-state index contributed by atoms with van der Waals surface area (Å²) in [5, 5.41) is 12.2. The molecule has 2 atom stereocenters. The predicted molar refractivity (Wildman–Crippen MR) is 156 cm³/mol. The highest BCUT2D eigenvalue weighted by Crippen LogP contribution is 2.34. The van der Waals surface area contributed by atoms with E-state index in [4.69, 9.17) is 11.0 Å². The van der Waals surface area contributed by atoms with Crippen molar-refractivity contribution in [2.45, 2.75) is 39.8 Å². The third kappa shape index (κ3) is 6.80. The number of aryl methyl sites for hydroxylation is 2. The molecule has 0 radical (unpaired) electrons. The van der Waals surface area contributed by atoms with E-state index in [-0.39, 0.29) is 12.1 Å². The summed E-state index contributed by atoms with van der Waals surface area (Å²) in [6.45, 7) is 16.0. The molecule has 1 saturated heterocycles. The second kappa shape index (κ2) is 13.1. The maximum Gasteiger partial charge on any atom is 0.0991 e. The smallest absolute Gasteiger partial charge is 0.0991 e. The second-order valence-electron chi connectivity index (χ2n) is 9.45. The standard InChI is InChI=1S/C30H35N5.C2H6/c1-21-5-9-26(10-6-21)30-20-34(19-28(32)25-11-7-24(18-31)8-12-25)15-16-35(30)29-14-13-27(17-22(29)2)23(3)33-4;1-2/h5-14,17,28,30,33H,3,15-16,19-20,32H2,1-2,4H3;1-2H3/t28?,30-;/m0./s1. The van der Waals surface area contributed by atoms with Gasteiger partial charge in [-0.25, -0.2) is 0 Å². The maximum atomic E-state index is 9.07. The summed E-state index contributed by atoms with van der Waals surface area (Å²) in [5.74, 6) is 0. The van der Waals surface area contributed by atoms with E-state index in [1.807, 2.05) is 45.2 Å². The lowest BCUT2D eigenvalue weighted by molar-refractivity contribution is 0.211. The molecule has 1 aliphatic rings. The highest BCUT2D eigenvalue weighted by atomic mass is 15.3. The van der Waals surface area contributed by atoms with Crippen LogP contribution in [-0.2, 0) is 0 Å². The molecule has 0 bridgehead atoms. The number of hydrogen-bond acceptors (Lipinski definition) is 5. The van der Waals surface area contributed by atoms with Crippen molar-refractivity contribution >= 4 is 11.4 Å². The molecule has 3 aromatic rings. The van der Waals surface area contributed by atoms with Gasteiger partial charge in [-0.05, 0) is 60.4 Å². The number of nitriles is 1. The van der Waals surface area contributed by atoms with Gasteiger partial charge in [-0.2, -0.15) is 5.26 Å². The molecule has 194 valence electrons. The summed E-state index contributed by atoms with van der Waals surface area (Å²) in [6, 6.07) is 25.4. The lowest BCUT2D eigenvalue weighted by Crippen LogP contribution is -2.50. The van der Waals surface area contributed by atoms with E-state index < -0.39 is 0 Å². The molecular formula is C32H41N5. The number of hydrogen-bond donors (Lipinski definition) is 2. The zero-order chi connectivity index (χ0) is 26.9. The van der Waals surface area contributed by atoms with Crippen molar-refractivity contribution in [3.05, 3.63) is 107 Å². The minimum atomic E-state index is -0.0958. The van der Waals surface area contributed by atoms with Gasteiger partial charge < -0.3 is 16.0 Å². The van der Waals surface area contributed by atoms with Crippen LogP contribution in [0.25, 0.3) is 5.70 Å². The molecule has 0 aliphatic carbocycles. The van der Waals surface area contributed by atoms with Gasteiger partial charge in [-0.3, -0.25) is 4.90 Å². The first-order valence-electron chi connectivity index (χ1n) is 13.2. The Labute approximate surface area is 223 Å². The molecule has 5 nitrogen and oxygen atoms in total. The van der Waals surface area contributed by atoms with Crippen molar-refractivity contribution in [1.82, 2.24) is 10.2 Å². The Morgan fingerprint density at radius 3 is 2.32 bits per heavy atom. The van der Waals surface area contributed by atoms with Gasteiger partial charge >= 0.3 is 0 Å². The highest BCUT2D eigenvalue weighted by Gasteiger charge is 2.30. The summed E-state index contributed by atoms with van der Waals surface area (Å²) in [5.41, 5.74) is 15.5. The van der Waals surface area contributed by atoms with Gasteiger partial charge in [0, 0.05) is 50.7 Å². The van der Waals surface area contributed by atoms with Gasteiger partial charge in [0.1, 0.15) is 0 Å². The molecule has 1 aliphatic heterocycles. The van der Waals surface area contributed by atoms with Crippen LogP contribution in [0.2, 0.25) is 0 Å². The Kier molecular flexibility index (Phi) is 9.91. The molecule has 3 aromatic carbocycles. The second-order valence-corrected chi connectivity index (χ2v) is 9.45. The van der Waals surface area contributed by atoms with Crippen LogP contribution >= 0.6 is 0 Å². The third-order valence-corrected chi connectivity index (χ3v) is 7.01. The van der Waals surface area contributed by atoms with E-state index in [1.165, 1.54) is 22.4 Å². The molecule has 1 unspecified atom stereocenters. The van der Waals surface area contributed by atoms with Crippen LogP contribution in [0, 0.1) is 25.2 Å². The Hall–Kier alpha value is -3.59. The fourth-order valence-electron chi connectivity index (χ4n) is 4.87. The average molecular weight is 496 g/mol. The topological polar surface area (TPSA) is 68.3 Å². The summed E-state index contributed by atoms with van der Waals surface area (Å²) >= 11 is 0. The molecule has 0 aromatic heterocycles. The number of anilines is 1. The zero-order valence-electron chi connectivity index (χ0n) is 23.0. The van der Waals surface area contributed by atoms with E-state index in [9.17, 15) is 0 Å². The Bertz CT molecular complexity index is 1210. The molecular weight excluding hydrogens is 454 g/mol. The van der Waals surface area contributed by atoms with Crippen LogP contribution in [-0.4, -0.2) is 38.1 Å². The lowest BCUT2D eigenvalue weighted by Gasteiger charge is -2.44. The number of benzene rings is 3. The average Bonchev–Trinajstić information content (AvgIpc) is 2.94. The van der Waals surface area contributed by atoms with Crippen molar-refractivity contribution in [3.63, 3.8) is 0 Å². The number of nitrogens with zero attached hydrogens (tertiary/aromatic N) is 3. The van der Waals surface area contributed by atoms with Crippen LogP contribution in [0.15, 0.2) is 73.3 Å². The van der Waals surface area contributed by atoms with Crippen molar-refractivity contribution in [2.24, 2.45) is 5.73 Å². The zero-order valence-corrected chi connectivity index (χ0v) is 23.0. The molecule has 5 heteroatoms. The van der Waals surface area contributed by atoms with Crippen molar-refractivity contribution in [3.8, 4) is 6.07 Å². The first kappa shape index (κ1) is 28.0. The molecule has 3 N–H and O–H groups in total. The van der Waals surface area contributed by atoms with Gasteiger partial charge in [0.05, 0.1) is 17.7 Å². The summed E-state index contributed by atoms with van der Waals surface area (Å²) < 4.78 is 0. The Balaban J connectivity index is 0.00000186. The minimum Gasteiger partial charge on any atom is -0.388 e. The molecule has 37 heavy (non-hydrogen) atoms. The Morgan fingerprint density at radius 1 is 1.05 bits per heavy atom. The van der Waals surface area contributed by atoms with Crippen LogP contribution in [0.5, 0.6) is 0 Å². The fraction of sp³-hybridized carbons (Fsp3) is 0.344. The van der Waals surface area contributed by atoms with Gasteiger partial charge in [-0.1, -0.05) is 68.5 Å². The number of piperazine rings is 1. The van der Waals surface area contributed by atoms with E-state index in [0.29, 0.717) is 5.56 Å². The van der Waals surface area contributed by atoms with E-state index >= 15 is 0 Å². The SMILES string of the molecule is C=C(NC)c1ccc(N2CCN(CC(N)c3ccc(C#N)cc3)C[C@H]2c2ccc(C)cc2)c(C)c1.CC. The fourth-order valence-corrected chi connectivity index (χ4v) is 4.87. The number of rotatable bonds is 7. The van der Waals surface area contributed by atoms with E-state index in [0.717, 1.165) is 43.0 Å². The van der Waals surface area contributed by atoms with Crippen LogP contribution in [0.1, 0.15) is 59.3 Å². The van der Waals surface area contributed by atoms with Gasteiger partial charge in [0.15, 0.2) is 0 Å². The van der Waals surface area contributed by atoms with Crippen molar-refractivity contribution in [2.75, 3.05) is 38.1 Å². The first-order valence-corrected chi connectivity index (χ1v) is 13.2. The highest BCUT2D eigenvalue weighted by molar-refractivity contribution is 5.67. The predicted octanol–water partition coefficient (Wildman–Crippen LogP) is 5.95. The lowest BCUT2D eigenvalue weighted by atomic mass is 9.97. The first-order chi connectivity index (χ1) is 17.9. The summed E-state index contributed by atoms with van der Waals surface area (Å²) in [6.07, 6.45) is 0. The van der Waals surface area contributed by atoms with Crippen molar-refractivity contribution in [1.29, 1.82) is 5.26 Å². The molecule has 1 fully saturated rings. The van der Waals surface area contributed by atoms with Crippen LogP contribution < -0.4 is 16.0 Å². The molecule has 4 rings (SSSR count). The number of nitrogens with one attached hydrogen (secondary N) is 1. The quantitative estimate of drug-likeness (QED) is 0.424. The van der Waals surface area contributed by atoms with E-state index in [2.05, 4.69) is 84.1 Å². The van der Waals surface area contributed by atoms with E-state index in [1.54, 1.807) is 0 Å². The largest absolute Gasteiger partial charge is 0.388 e. The van der Waals surface area contributed by atoms with Gasteiger partial charge in [0.2, 0.25) is 0 Å². The third-order valence-electron chi connectivity index (χ3n) is 7.01. The van der Waals surface area contributed by atoms with Crippen LogP contribution in [0.4, 0.5) is 5.69 Å². The normalized spacial score (nSPS) is 16.2. The van der Waals surface area contributed by atoms with Gasteiger partial charge in [0.25, 0.3) is 0 Å². The maximum absolute atomic E-state index is 9.07. The molecule has 0 saturated carbocycles. The summed E-state index contributed by atoms with van der Waals surface area (Å²) in [7, 11) is 1.90. The minimum absolute atomic E-state index is 0.0958. The molecule has 0 amide bonds. The summed E-state index contributed by atoms with van der Waals surface area (Å²) in [4.78, 5) is 5.01. The monoisotopic (exact) mass is 495 g/mol. The van der Waals surface area contributed by atoms with Gasteiger partial charge in [-0.15, -0.1) is 0 Å². The van der Waals surface area contributed by atoms with Crippen LogP contribution in [0.3, 0.4) is 0 Å². The molecule has 0 spiro atoms. The van der Waals surface area contributed by atoms with Crippen molar-refractivity contribution < 1.29 is 0 Å². The Morgan fingerprint density at radius 2 is 1.73 bits per heavy atom. The number of nitrogens with two attached hydrogens (primary N) is 1.